The average molecular weight is 311 g/mol. The Hall–Kier alpha value is -2.96. The van der Waals surface area contributed by atoms with Crippen molar-refractivity contribution in [2.75, 3.05) is 10.6 Å². The third-order valence-corrected chi connectivity index (χ3v) is 3.29. The standard InChI is InChI=1S/C16H17N5O2/c1-10(22)17-11-2-4-12(5-3-11)18-15-9-8-14(20-21-15)16(23)19-13-6-7-13/h2-5,8-9,13H,6-7H2,1H3,(H,17,22)(H,18,21)(H,19,23). The first-order valence-electron chi connectivity index (χ1n) is 7.39. The van der Waals surface area contributed by atoms with Gasteiger partial charge in [0.2, 0.25) is 5.91 Å². The third-order valence-electron chi connectivity index (χ3n) is 3.29. The molecular formula is C16H17N5O2. The van der Waals surface area contributed by atoms with E-state index in [1.807, 2.05) is 12.1 Å². The van der Waals surface area contributed by atoms with E-state index in [-0.39, 0.29) is 11.8 Å². The minimum atomic E-state index is -0.189. The fraction of sp³-hybridized carbons (Fsp3) is 0.250. The molecule has 0 saturated heterocycles. The van der Waals surface area contributed by atoms with Crippen molar-refractivity contribution >= 4 is 29.0 Å². The van der Waals surface area contributed by atoms with Crippen molar-refractivity contribution in [3.8, 4) is 0 Å². The van der Waals surface area contributed by atoms with Gasteiger partial charge in [0.15, 0.2) is 11.5 Å². The van der Waals surface area contributed by atoms with E-state index < -0.39 is 0 Å². The normalized spacial score (nSPS) is 13.3. The summed E-state index contributed by atoms with van der Waals surface area (Å²) in [5.41, 5.74) is 1.84. The molecule has 1 fully saturated rings. The number of benzene rings is 1. The number of nitrogens with one attached hydrogen (secondary N) is 3. The number of hydrogen-bond donors (Lipinski definition) is 3. The van der Waals surface area contributed by atoms with Gasteiger partial charge in [-0.05, 0) is 49.2 Å². The van der Waals surface area contributed by atoms with Gasteiger partial charge in [-0.25, -0.2) is 0 Å². The van der Waals surface area contributed by atoms with Gasteiger partial charge in [0, 0.05) is 24.3 Å². The number of hydrogen-bond acceptors (Lipinski definition) is 5. The van der Waals surface area contributed by atoms with Gasteiger partial charge in [-0.15, -0.1) is 10.2 Å². The lowest BCUT2D eigenvalue weighted by Crippen LogP contribution is -2.26. The summed E-state index contributed by atoms with van der Waals surface area (Å²) < 4.78 is 0. The number of aromatic nitrogens is 2. The molecule has 1 aliphatic rings. The van der Waals surface area contributed by atoms with E-state index in [9.17, 15) is 9.59 Å². The van der Waals surface area contributed by atoms with E-state index in [0.717, 1.165) is 24.2 Å². The van der Waals surface area contributed by atoms with Crippen LogP contribution in [0.1, 0.15) is 30.3 Å². The highest BCUT2D eigenvalue weighted by molar-refractivity contribution is 5.92. The van der Waals surface area contributed by atoms with Gasteiger partial charge in [-0.1, -0.05) is 0 Å². The molecule has 3 N–H and O–H groups in total. The fourth-order valence-corrected chi connectivity index (χ4v) is 2.00. The molecular weight excluding hydrogens is 294 g/mol. The Morgan fingerprint density at radius 1 is 1.00 bits per heavy atom. The lowest BCUT2D eigenvalue weighted by molar-refractivity contribution is -0.114. The molecule has 0 radical (unpaired) electrons. The maximum atomic E-state index is 11.8. The van der Waals surface area contributed by atoms with E-state index in [1.54, 1.807) is 24.3 Å². The van der Waals surface area contributed by atoms with Gasteiger partial charge in [0.05, 0.1) is 0 Å². The van der Waals surface area contributed by atoms with Crippen LogP contribution < -0.4 is 16.0 Å². The Morgan fingerprint density at radius 3 is 2.26 bits per heavy atom. The van der Waals surface area contributed by atoms with Crippen molar-refractivity contribution in [3.05, 3.63) is 42.1 Å². The molecule has 0 aliphatic heterocycles. The summed E-state index contributed by atoms with van der Waals surface area (Å²) in [5.74, 6) is 0.239. The van der Waals surface area contributed by atoms with Gasteiger partial charge >= 0.3 is 0 Å². The monoisotopic (exact) mass is 311 g/mol. The lowest BCUT2D eigenvalue weighted by atomic mass is 10.2. The quantitative estimate of drug-likeness (QED) is 0.785. The predicted octanol–water partition coefficient (Wildman–Crippen LogP) is 2.07. The molecule has 0 unspecified atom stereocenters. The first-order valence-corrected chi connectivity index (χ1v) is 7.39. The zero-order valence-corrected chi connectivity index (χ0v) is 12.7. The van der Waals surface area contributed by atoms with Crippen LogP contribution in [0.15, 0.2) is 36.4 Å². The second-order valence-corrected chi connectivity index (χ2v) is 5.44. The molecule has 0 atom stereocenters. The van der Waals surface area contributed by atoms with Gasteiger partial charge in [0.1, 0.15) is 0 Å². The molecule has 1 saturated carbocycles. The molecule has 7 heteroatoms. The number of anilines is 3. The van der Waals surface area contributed by atoms with Crippen LogP contribution in [-0.4, -0.2) is 28.1 Å². The number of nitrogens with zero attached hydrogens (tertiary/aromatic N) is 2. The van der Waals surface area contributed by atoms with Crippen LogP contribution in [0.5, 0.6) is 0 Å². The predicted molar refractivity (Wildman–Crippen MR) is 86.5 cm³/mol. The van der Waals surface area contributed by atoms with Crippen LogP contribution in [0.3, 0.4) is 0 Å². The maximum Gasteiger partial charge on any atom is 0.272 e. The van der Waals surface area contributed by atoms with Crippen LogP contribution in [0.2, 0.25) is 0 Å². The molecule has 1 heterocycles. The summed E-state index contributed by atoms with van der Waals surface area (Å²) in [7, 11) is 0. The first-order chi connectivity index (χ1) is 11.1. The minimum Gasteiger partial charge on any atom is -0.348 e. The number of carbonyl (C=O) groups excluding carboxylic acids is 2. The van der Waals surface area contributed by atoms with E-state index in [4.69, 9.17) is 0 Å². The molecule has 0 bridgehead atoms. The van der Waals surface area contributed by atoms with Gasteiger partial charge < -0.3 is 16.0 Å². The lowest BCUT2D eigenvalue weighted by Gasteiger charge is -2.07. The van der Waals surface area contributed by atoms with Gasteiger partial charge in [0.25, 0.3) is 5.91 Å². The Morgan fingerprint density at radius 2 is 1.70 bits per heavy atom. The highest BCUT2D eigenvalue weighted by atomic mass is 16.2. The van der Waals surface area contributed by atoms with Crippen molar-refractivity contribution in [2.24, 2.45) is 0 Å². The molecule has 3 rings (SSSR count). The molecule has 23 heavy (non-hydrogen) atoms. The highest BCUT2D eigenvalue weighted by Crippen LogP contribution is 2.20. The number of rotatable bonds is 5. The summed E-state index contributed by atoms with van der Waals surface area (Å²) in [6.45, 7) is 1.46. The second kappa shape index (κ2) is 6.43. The average Bonchev–Trinajstić information content (AvgIpc) is 3.33. The van der Waals surface area contributed by atoms with Crippen molar-refractivity contribution in [3.63, 3.8) is 0 Å². The summed E-state index contributed by atoms with van der Waals surface area (Å²) >= 11 is 0. The molecule has 2 aromatic rings. The van der Waals surface area contributed by atoms with Crippen LogP contribution in [0.4, 0.5) is 17.2 Å². The zero-order chi connectivity index (χ0) is 16.2. The summed E-state index contributed by atoms with van der Waals surface area (Å²) in [6, 6.07) is 10.9. The number of amides is 2. The Labute approximate surface area is 133 Å². The fourth-order valence-electron chi connectivity index (χ4n) is 2.00. The Kier molecular flexibility index (Phi) is 4.18. The topological polar surface area (TPSA) is 96.0 Å². The van der Waals surface area contributed by atoms with E-state index >= 15 is 0 Å². The van der Waals surface area contributed by atoms with Gasteiger partial charge in [-0.2, -0.15) is 0 Å². The van der Waals surface area contributed by atoms with Crippen molar-refractivity contribution < 1.29 is 9.59 Å². The van der Waals surface area contributed by atoms with Crippen molar-refractivity contribution in [2.45, 2.75) is 25.8 Å². The van der Waals surface area contributed by atoms with Crippen LogP contribution >= 0.6 is 0 Å². The molecule has 2 amide bonds. The van der Waals surface area contributed by atoms with Crippen LogP contribution in [0.25, 0.3) is 0 Å². The smallest absolute Gasteiger partial charge is 0.272 e. The summed E-state index contributed by atoms with van der Waals surface area (Å²) in [6.07, 6.45) is 2.07. The molecule has 118 valence electrons. The van der Waals surface area contributed by atoms with E-state index in [2.05, 4.69) is 26.1 Å². The SMILES string of the molecule is CC(=O)Nc1ccc(Nc2ccc(C(=O)NC3CC3)nn2)cc1. The molecule has 7 nitrogen and oxygen atoms in total. The van der Waals surface area contributed by atoms with Crippen molar-refractivity contribution in [1.29, 1.82) is 0 Å². The maximum absolute atomic E-state index is 11.8. The summed E-state index contributed by atoms with van der Waals surface area (Å²) in [5, 5.41) is 16.6. The van der Waals surface area contributed by atoms with E-state index in [1.165, 1.54) is 6.92 Å². The Bertz CT molecular complexity index is 708. The highest BCUT2D eigenvalue weighted by Gasteiger charge is 2.24. The Balaban J connectivity index is 1.61. The van der Waals surface area contributed by atoms with E-state index in [0.29, 0.717) is 17.6 Å². The minimum absolute atomic E-state index is 0.114. The summed E-state index contributed by atoms with van der Waals surface area (Å²) in [4.78, 5) is 22.8. The second-order valence-electron chi connectivity index (χ2n) is 5.44. The molecule has 1 aromatic carbocycles. The van der Waals surface area contributed by atoms with Crippen molar-refractivity contribution in [1.82, 2.24) is 15.5 Å². The zero-order valence-electron chi connectivity index (χ0n) is 12.7. The molecule has 1 aromatic heterocycles. The largest absolute Gasteiger partial charge is 0.348 e. The first kappa shape index (κ1) is 15.0. The van der Waals surface area contributed by atoms with Gasteiger partial charge in [-0.3, -0.25) is 9.59 Å². The number of carbonyl (C=O) groups is 2. The molecule has 0 spiro atoms. The third kappa shape index (κ3) is 4.26. The van der Waals surface area contributed by atoms with Crippen LogP contribution in [-0.2, 0) is 4.79 Å². The van der Waals surface area contributed by atoms with Crippen LogP contribution in [0, 0.1) is 0 Å². The molecule has 1 aliphatic carbocycles.